The molecule has 0 aliphatic carbocycles. The molecular formula is C11H16N4O4S. The summed E-state index contributed by atoms with van der Waals surface area (Å²) >= 11 is 0.906. The van der Waals surface area contributed by atoms with E-state index in [0.29, 0.717) is 5.69 Å². The number of nitrogens with one attached hydrogen (secondary N) is 1. The fourth-order valence-electron chi connectivity index (χ4n) is 1.50. The molecule has 1 aromatic heterocycles. The molecule has 0 aliphatic rings. The normalized spacial score (nSPS) is 12.2. The molecule has 1 aromatic rings. The van der Waals surface area contributed by atoms with Gasteiger partial charge in [0, 0.05) is 6.42 Å². The minimum absolute atomic E-state index is 0.00315. The maximum Gasteiger partial charge on any atom is 0.326 e. The average Bonchev–Trinajstić information content (AvgIpc) is 2.82. The standard InChI is InChI=1S/C11H16N4O4S/c1-5(2)8-9(20-15-14-8)10(17)13-6(11(18)19)3-4-7(12)16/h5-6H,3-4H2,1-2H3,(H2,12,16)(H,13,17)(H,18,19)/t6-/m1/s1. The number of carboxylic acids is 1. The van der Waals surface area contributed by atoms with Crippen LogP contribution in [0.3, 0.4) is 0 Å². The zero-order chi connectivity index (χ0) is 15.3. The fourth-order valence-corrected chi connectivity index (χ4v) is 2.22. The third kappa shape index (κ3) is 4.26. The molecule has 0 fully saturated rings. The lowest BCUT2D eigenvalue weighted by Gasteiger charge is -2.13. The Morgan fingerprint density at radius 1 is 1.40 bits per heavy atom. The summed E-state index contributed by atoms with van der Waals surface area (Å²) in [6.07, 6.45) is -0.172. The van der Waals surface area contributed by atoms with E-state index in [1.54, 1.807) is 0 Å². The number of hydrogen-bond acceptors (Lipinski definition) is 6. The van der Waals surface area contributed by atoms with Crippen molar-refractivity contribution in [2.75, 3.05) is 0 Å². The topological polar surface area (TPSA) is 135 Å². The summed E-state index contributed by atoms with van der Waals surface area (Å²) in [4.78, 5) is 34.0. The van der Waals surface area contributed by atoms with Gasteiger partial charge in [0.05, 0.1) is 5.69 Å². The molecule has 0 saturated carbocycles. The summed E-state index contributed by atoms with van der Waals surface area (Å²) in [5.41, 5.74) is 5.49. The number of aliphatic carboxylic acids is 1. The van der Waals surface area contributed by atoms with Crippen molar-refractivity contribution < 1.29 is 19.5 Å². The highest BCUT2D eigenvalue weighted by Crippen LogP contribution is 2.19. The molecule has 1 atom stereocenters. The number of hydrogen-bond donors (Lipinski definition) is 3. The van der Waals surface area contributed by atoms with Gasteiger partial charge in [-0.3, -0.25) is 9.59 Å². The monoisotopic (exact) mass is 300 g/mol. The molecule has 0 spiro atoms. The van der Waals surface area contributed by atoms with Crippen molar-refractivity contribution in [3.63, 3.8) is 0 Å². The van der Waals surface area contributed by atoms with Crippen molar-refractivity contribution in [2.24, 2.45) is 5.73 Å². The fraction of sp³-hybridized carbons (Fsp3) is 0.545. The highest BCUT2D eigenvalue weighted by Gasteiger charge is 2.25. The molecule has 2 amide bonds. The van der Waals surface area contributed by atoms with E-state index < -0.39 is 23.8 Å². The van der Waals surface area contributed by atoms with Crippen LogP contribution in [0.5, 0.6) is 0 Å². The van der Waals surface area contributed by atoms with E-state index in [1.807, 2.05) is 13.8 Å². The van der Waals surface area contributed by atoms with Gasteiger partial charge in [-0.15, -0.1) is 5.10 Å². The summed E-state index contributed by atoms with van der Waals surface area (Å²) in [5.74, 6) is -2.39. The number of aromatic nitrogens is 2. The molecule has 1 rings (SSSR count). The number of nitrogens with two attached hydrogens (primary N) is 1. The Kier molecular flexibility index (Phi) is 5.56. The van der Waals surface area contributed by atoms with Crippen molar-refractivity contribution in [2.45, 2.75) is 38.6 Å². The Morgan fingerprint density at radius 2 is 2.05 bits per heavy atom. The molecule has 4 N–H and O–H groups in total. The van der Waals surface area contributed by atoms with E-state index >= 15 is 0 Å². The highest BCUT2D eigenvalue weighted by atomic mass is 32.1. The molecule has 20 heavy (non-hydrogen) atoms. The van der Waals surface area contributed by atoms with Crippen LogP contribution in [0.25, 0.3) is 0 Å². The van der Waals surface area contributed by atoms with Gasteiger partial charge in [0.15, 0.2) is 0 Å². The largest absolute Gasteiger partial charge is 0.480 e. The molecule has 0 unspecified atom stereocenters. The van der Waals surface area contributed by atoms with Crippen LogP contribution in [0.4, 0.5) is 0 Å². The second kappa shape index (κ2) is 6.94. The van der Waals surface area contributed by atoms with Crippen molar-refractivity contribution in [3.05, 3.63) is 10.6 Å². The number of carbonyl (C=O) groups excluding carboxylic acids is 2. The third-order valence-corrected chi connectivity index (χ3v) is 3.29. The molecule has 110 valence electrons. The zero-order valence-electron chi connectivity index (χ0n) is 11.1. The van der Waals surface area contributed by atoms with E-state index in [4.69, 9.17) is 10.8 Å². The van der Waals surface area contributed by atoms with Crippen molar-refractivity contribution in [3.8, 4) is 0 Å². The quantitative estimate of drug-likeness (QED) is 0.654. The first kappa shape index (κ1) is 16.0. The number of primary amides is 1. The molecule has 0 radical (unpaired) electrons. The van der Waals surface area contributed by atoms with Crippen LogP contribution in [-0.2, 0) is 9.59 Å². The molecule has 0 aromatic carbocycles. The van der Waals surface area contributed by atoms with Gasteiger partial charge < -0.3 is 16.2 Å². The summed E-state index contributed by atoms with van der Waals surface area (Å²) in [5, 5.41) is 15.2. The van der Waals surface area contributed by atoms with E-state index in [-0.39, 0.29) is 23.6 Å². The molecule has 9 heteroatoms. The Balaban J connectivity index is 2.77. The minimum atomic E-state index is -1.22. The van der Waals surface area contributed by atoms with Gasteiger partial charge in [-0.1, -0.05) is 18.3 Å². The van der Waals surface area contributed by atoms with E-state index in [2.05, 4.69) is 14.9 Å². The van der Waals surface area contributed by atoms with Crippen LogP contribution in [0.1, 0.15) is 48.0 Å². The van der Waals surface area contributed by atoms with Crippen LogP contribution in [-0.4, -0.2) is 38.5 Å². The SMILES string of the molecule is CC(C)c1nnsc1C(=O)N[C@H](CCC(N)=O)C(=O)O. The van der Waals surface area contributed by atoms with E-state index in [0.717, 1.165) is 11.5 Å². The molecule has 8 nitrogen and oxygen atoms in total. The van der Waals surface area contributed by atoms with Crippen molar-refractivity contribution in [1.82, 2.24) is 14.9 Å². The minimum Gasteiger partial charge on any atom is -0.480 e. The van der Waals surface area contributed by atoms with Gasteiger partial charge in [-0.25, -0.2) is 4.79 Å². The van der Waals surface area contributed by atoms with Crippen LogP contribution in [0.2, 0.25) is 0 Å². The first-order valence-electron chi connectivity index (χ1n) is 5.97. The van der Waals surface area contributed by atoms with Crippen LogP contribution in [0, 0.1) is 0 Å². The molecule has 1 heterocycles. The molecular weight excluding hydrogens is 284 g/mol. The van der Waals surface area contributed by atoms with Gasteiger partial charge in [0.2, 0.25) is 5.91 Å². The van der Waals surface area contributed by atoms with Gasteiger partial charge in [-0.2, -0.15) is 0 Å². The Hall–Kier alpha value is -2.03. The van der Waals surface area contributed by atoms with E-state index in [1.165, 1.54) is 0 Å². The third-order valence-electron chi connectivity index (χ3n) is 2.55. The van der Waals surface area contributed by atoms with Crippen LogP contribution < -0.4 is 11.1 Å². The van der Waals surface area contributed by atoms with Crippen molar-refractivity contribution in [1.29, 1.82) is 0 Å². The lowest BCUT2D eigenvalue weighted by Crippen LogP contribution is -2.41. The number of amides is 2. The number of nitrogens with zero attached hydrogens (tertiary/aromatic N) is 2. The lowest BCUT2D eigenvalue weighted by molar-refractivity contribution is -0.139. The van der Waals surface area contributed by atoms with Crippen LogP contribution >= 0.6 is 11.5 Å². The second-order valence-corrected chi connectivity index (χ2v) is 5.27. The van der Waals surface area contributed by atoms with E-state index in [9.17, 15) is 14.4 Å². The number of carbonyl (C=O) groups is 3. The summed E-state index contributed by atoms with van der Waals surface area (Å²) in [7, 11) is 0. The van der Waals surface area contributed by atoms with Gasteiger partial charge in [0.1, 0.15) is 10.9 Å². The summed E-state index contributed by atoms with van der Waals surface area (Å²) in [6, 6.07) is -1.17. The smallest absolute Gasteiger partial charge is 0.326 e. The molecule has 0 saturated heterocycles. The number of rotatable bonds is 7. The van der Waals surface area contributed by atoms with Gasteiger partial charge in [0.25, 0.3) is 5.91 Å². The molecule has 0 aliphatic heterocycles. The first-order chi connectivity index (χ1) is 9.32. The molecule has 0 bridgehead atoms. The van der Waals surface area contributed by atoms with Crippen molar-refractivity contribution >= 4 is 29.3 Å². The maximum atomic E-state index is 12.0. The van der Waals surface area contributed by atoms with Gasteiger partial charge in [-0.05, 0) is 23.9 Å². The predicted molar refractivity (Wildman–Crippen MR) is 71.3 cm³/mol. The zero-order valence-corrected chi connectivity index (χ0v) is 11.9. The predicted octanol–water partition coefficient (Wildman–Crippen LogP) is 0.110. The second-order valence-electron chi connectivity index (χ2n) is 4.51. The van der Waals surface area contributed by atoms with Gasteiger partial charge >= 0.3 is 5.97 Å². The summed E-state index contributed by atoms with van der Waals surface area (Å²) in [6.45, 7) is 3.71. The Bertz CT molecular complexity index is 514. The average molecular weight is 300 g/mol. The Morgan fingerprint density at radius 3 is 2.55 bits per heavy atom. The Labute approximate surface area is 119 Å². The maximum absolute atomic E-state index is 12.0. The van der Waals surface area contributed by atoms with Crippen LogP contribution in [0.15, 0.2) is 0 Å². The highest BCUT2D eigenvalue weighted by molar-refractivity contribution is 7.08. The number of carboxylic acid groups (broad SMARTS) is 1. The lowest BCUT2D eigenvalue weighted by atomic mass is 10.1. The summed E-state index contributed by atoms with van der Waals surface area (Å²) < 4.78 is 3.70. The first-order valence-corrected chi connectivity index (χ1v) is 6.74.